The first-order valence-electron chi connectivity index (χ1n) is 5.51. The summed E-state index contributed by atoms with van der Waals surface area (Å²) >= 11 is 0. The van der Waals surface area contributed by atoms with Gasteiger partial charge in [0, 0.05) is 5.56 Å². The van der Waals surface area contributed by atoms with Gasteiger partial charge in [-0.3, -0.25) is 10.1 Å². The molecular weight excluding hydrogens is 293 g/mol. The molecule has 0 aliphatic carbocycles. The number of nitrogen functional groups attached to an aromatic ring is 1. The highest BCUT2D eigenvalue weighted by atomic mass is 19.4. The third-order valence-electron chi connectivity index (χ3n) is 2.25. The number of amides is 1. The summed E-state index contributed by atoms with van der Waals surface area (Å²) in [5.41, 5.74) is 5.09. The Morgan fingerprint density at radius 1 is 1.43 bits per heavy atom. The molecule has 2 rings (SSSR count). The smallest absolute Gasteiger partial charge is 0.404 e. The molecule has 7 nitrogen and oxygen atoms in total. The van der Waals surface area contributed by atoms with Crippen LogP contribution in [0.2, 0.25) is 0 Å². The Hall–Kier alpha value is -2.78. The van der Waals surface area contributed by atoms with Crippen LogP contribution in [0.15, 0.2) is 22.7 Å². The number of hydrogen-bond acceptors (Lipinski definition) is 6. The third kappa shape index (κ3) is 3.84. The number of halogens is 3. The Bertz CT molecular complexity index is 669. The molecule has 0 saturated carbocycles. The van der Waals surface area contributed by atoms with Gasteiger partial charge in [0.25, 0.3) is 5.91 Å². The Morgan fingerprint density at radius 2 is 2.14 bits per heavy atom. The van der Waals surface area contributed by atoms with Crippen LogP contribution in [0, 0.1) is 6.92 Å². The molecular formula is C11H9F3N4O3. The fourth-order valence-electron chi connectivity index (χ4n) is 1.42. The van der Waals surface area contributed by atoms with Gasteiger partial charge in [-0.25, -0.2) is 0 Å². The van der Waals surface area contributed by atoms with E-state index in [-0.39, 0.29) is 17.3 Å². The van der Waals surface area contributed by atoms with E-state index >= 15 is 0 Å². The van der Waals surface area contributed by atoms with Crippen molar-refractivity contribution in [1.29, 1.82) is 0 Å². The number of nitrogens with two attached hydrogens (primary N) is 1. The second kappa shape index (κ2) is 5.31. The molecule has 0 saturated heterocycles. The van der Waals surface area contributed by atoms with E-state index in [0.717, 1.165) is 18.2 Å². The maximum Gasteiger partial charge on any atom is 0.573 e. The highest BCUT2D eigenvalue weighted by Gasteiger charge is 2.32. The lowest BCUT2D eigenvalue weighted by molar-refractivity contribution is -0.274. The molecule has 1 aromatic carbocycles. The minimum absolute atomic E-state index is 0.0119. The van der Waals surface area contributed by atoms with E-state index in [9.17, 15) is 18.0 Å². The summed E-state index contributed by atoms with van der Waals surface area (Å²) < 4.78 is 44.6. The minimum atomic E-state index is -4.86. The number of aryl methyl sites for hydroxylation is 1. The van der Waals surface area contributed by atoms with Gasteiger partial charge >= 0.3 is 12.4 Å². The molecule has 0 spiro atoms. The molecule has 0 radical (unpaired) electrons. The molecule has 0 aliphatic heterocycles. The quantitative estimate of drug-likeness (QED) is 0.842. The Kier molecular flexibility index (Phi) is 3.70. The molecule has 0 atom stereocenters. The highest BCUT2D eigenvalue weighted by Crippen LogP contribution is 2.29. The van der Waals surface area contributed by atoms with Crippen molar-refractivity contribution in [1.82, 2.24) is 10.1 Å². The molecule has 21 heavy (non-hydrogen) atoms. The van der Waals surface area contributed by atoms with Crippen molar-refractivity contribution in [2.24, 2.45) is 0 Å². The standard InChI is InChI=1S/C11H9F3N4O3/c1-5-16-10(21-18-5)17-9(19)6-2-3-8(7(15)4-6)20-11(12,13)14/h2-4H,15H2,1H3,(H,16,17,18,19). The van der Waals surface area contributed by atoms with Crippen molar-refractivity contribution in [3.05, 3.63) is 29.6 Å². The van der Waals surface area contributed by atoms with Crippen molar-refractivity contribution >= 4 is 17.6 Å². The van der Waals surface area contributed by atoms with Gasteiger partial charge in [-0.1, -0.05) is 5.16 Å². The summed E-state index contributed by atoms with van der Waals surface area (Å²) in [5.74, 6) is -0.935. The second-order valence-corrected chi connectivity index (χ2v) is 3.90. The van der Waals surface area contributed by atoms with Gasteiger partial charge in [-0.15, -0.1) is 13.2 Å². The van der Waals surface area contributed by atoms with Crippen LogP contribution in [0.25, 0.3) is 0 Å². The van der Waals surface area contributed by atoms with Crippen LogP contribution in [0.4, 0.5) is 24.9 Å². The molecule has 0 unspecified atom stereocenters. The normalized spacial score (nSPS) is 11.2. The number of carbonyl (C=O) groups excluding carboxylic acids is 1. The molecule has 10 heteroatoms. The lowest BCUT2D eigenvalue weighted by atomic mass is 10.2. The number of hydrogen-bond donors (Lipinski definition) is 2. The van der Waals surface area contributed by atoms with Gasteiger partial charge in [-0.2, -0.15) is 4.98 Å². The van der Waals surface area contributed by atoms with Crippen LogP contribution in [0.1, 0.15) is 16.2 Å². The molecule has 1 amide bonds. The van der Waals surface area contributed by atoms with Gasteiger partial charge in [0.05, 0.1) is 5.69 Å². The third-order valence-corrected chi connectivity index (χ3v) is 2.25. The lowest BCUT2D eigenvalue weighted by Crippen LogP contribution is -2.18. The second-order valence-electron chi connectivity index (χ2n) is 3.90. The molecule has 1 aromatic heterocycles. The first-order chi connectivity index (χ1) is 9.74. The van der Waals surface area contributed by atoms with E-state index in [1.807, 2.05) is 0 Å². The Labute approximate surface area is 115 Å². The van der Waals surface area contributed by atoms with Gasteiger partial charge in [0.2, 0.25) is 0 Å². The zero-order chi connectivity index (χ0) is 15.6. The monoisotopic (exact) mass is 302 g/mol. The predicted molar refractivity (Wildman–Crippen MR) is 64.5 cm³/mol. The minimum Gasteiger partial charge on any atom is -0.404 e. The van der Waals surface area contributed by atoms with Crippen molar-refractivity contribution in [2.45, 2.75) is 13.3 Å². The molecule has 1 heterocycles. The lowest BCUT2D eigenvalue weighted by Gasteiger charge is -2.11. The number of benzene rings is 1. The van der Waals surface area contributed by atoms with Crippen molar-refractivity contribution < 1.29 is 27.2 Å². The summed E-state index contributed by atoms with van der Waals surface area (Å²) in [6.07, 6.45) is -4.86. The van der Waals surface area contributed by atoms with Crippen molar-refractivity contribution in [3.8, 4) is 5.75 Å². The highest BCUT2D eigenvalue weighted by molar-refractivity contribution is 6.03. The molecule has 0 aliphatic rings. The number of ether oxygens (including phenoxy) is 1. The number of nitrogens with one attached hydrogen (secondary N) is 1. The van der Waals surface area contributed by atoms with Gasteiger partial charge < -0.3 is 15.0 Å². The van der Waals surface area contributed by atoms with E-state index < -0.39 is 18.0 Å². The zero-order valence-corrected chi connectivity index (χ0v) is 10.6. The molecule has 0 bridgehead atoms. The van der Waals surface area contributed by atoms with Crippen LogP contribution in [-0.4, -0.2) is 22.4 Å². The maximum absolute atomic E-state index is 12.1. The largest absolute Gasteiger partial charge is 0.573 e. The van der Waals surface area contributed by atoms with E-state index in [4.69, 9.17) is 5.73 Å². The molecule has 112 valence electrons. The van der Waals surface area contributed by atoms with Crippen LogP contribution in [0.5, 0.6) is 5.75 Å². The number of nitrogens with zero attached hydrogens (tertiary/aromatic N) is 2. The van der Waals surface area contributed by atoms with Crippen LogP contribution < -0.4 is 15.8 Å². The summed E-state index contributed by atoms with van der Waals surface area (Å²) in [7, 11) is 0. The van der Waals surface area contributed by atoms with E-state index in [1.54, 1.807) is 6.92 Å². The van der Waals surface area contributed by atoms with Crippen molar-refractivity contribution in [2.75, 3.05) is 11.1 Å². The zero-order valence-electron chi connectivity index (χ0n) is 10.6. The molecule has 0 fully saturated rings. The van der Waals surface area contributed by atoms with E-state index in [0.29, 0.717) is 5.82 Å². The number of alkyl halides is 3. The molecule has 3 N–H and O–H groups in total. The number of anilines is 2. The predicted octanol–water partition coefficient (Wildman–Crippen LogP) is 2.11. The summed E-state index contributed by atoms with van der Waals surface area (Å²) in [4.78, 5) is 15.6. The van der Waals surface area contributed by atoms with Gasteiger partial charge in [-0.05, 0) is 25.1 Å². The number of aromatic nitrogens is 2. The van der Waals surface area contributed by atoms with Crippen LogP contribution in [-0.2, 0) is 0 Å². The number of carbonyl (C=O) groups is 1. The average Bonchev–Trinajstić information content (AvgIpc) is 2.75. The van der Waals surface area contributed by atoms with Gasteiger partial charge in [0.1, 0.15) is 0 Å². The Balaban J connectivity index is 2.14. The van der Waals surface area contributed by atoms with Gasteiger partial charge in [0.15, 0.2) is 11.6 Å². The van der Waals surface area contributed by atoms with Crippen LogP contribution >= 0.6 is 0 Å². The Morgan fingerprint density at radius 3 is 2.67 bits per heavy atom. The first kappa shape index (κ1) is 14.6. The molecule has 2 aromatic rings. The average molecular weight is 302 g/mol. The summed E-state index contributed by atoms with van der Waals surface area (Å²) in [5, 5.41) is 5.74. The summed E-state index contributed by atoms with van der Waals surface area (Å²) in [6, 6.07) is 2.97. The van der Waals surface area contributed by atoms with E-state index in [1.165, 1.54) is 0 Å². The van der Waals surface area contributed by atoms with E-state index in [2.05, 4.69) is 24.7 Å². The SMILES string of the molecule is Cc1noc(NC(=O)c2ccc(OC(F)(F)F)c(N)c2)n1. The topological polar surface area (TPSA) is 103 Å². The summed E-state index contributed by atoms with van der Waals surface area (Å²) in [6.45, 7) is 1.56. The first-order valence-corrected chi connectivity index (χ1v) is 5.51. The fraction of sp³-hybridized carbons (Fsp3) is 0.182. The number of rotatable bonds is 3. The van der Waals surface area contributed by atoms with Crippen molar-refractivity contribution in [3.63, 3.8) is 0 Å². The van der Waals surface area contributed by atoms with Crippen LogP contribution in [0.3, 0.4) is 0 Å². The fourth-order valence-corrected chi connectivity index (χ4v) is 1.42. The maximum atomic E-state index is 12.1.